The van der Waals surface area contributed by atoms with Gasteiger partial charge in [-0.05, 0) is 69.1 Å². The molecule has 0 aromatic carbocycles. The van der Waals surface area contributed by atoms with Gasteiger partial charge in [0.05, 0.1) is 11.7 Å². The third-order valence-corrected chi connectivity index (χ3v) is 7.81. The van der Waals surface area contributed by atoms with Crippen molar-refractivity contribution in [3.63, 3.8) is 0 Å². The van der Waals surface area contributed by atoms with Crippen LogP contribution in [0, 0.1) is 22.7 Å². The summed E-state index contributed by atoms with van der Waals surface area (Å²) in [6, 6.07) is 0. The van der Waals surface area contributed by atoms with E-state index < -0.39 is 5.60 Å². The second-order valence-corrected chi connectivity index (χ2v) is 9.30. The summed E-state index contributed by atoms with van der Waals surface area (Å²) in [4.78, 5) is 0. The number of rotatable bonds is 1. The van der Waals surface area contributed by atoms with E-state index in [-0.39, 0.29) is 16.9 Å². The Morgan fingerprint density at radius 2 is 1.77 bits per heavy atom. The van der Waals surface area contributed by atoms with Gasteiger partial charge in [0.1, 0.15) is 0 Å². The summed E-state index contributed by atoms with van der Waals surface area (Å²) in [7, 11) is 0. The van der Waals surface area contributed by atoms with Crippen molar-refractivity contribution in [3.05, 3.63) is 11.1 Å². The van der Waals surface area contributed by atoms with Gasteiger partial charge in [0.2, 0.25) is 0 Å². The van der Waals surface area contributed by atoms with Crippen LogP contribution in [0.25, 0.3) is 0 Å². The Hall–Kier alpha value is -0.340. The standard InChI is InChI=1S/C20H34O2/c1-13(2)20(22)11-10-18(4)12-15-14(3)6-7-17(21)19(15,5)9-8-16(18)20/h13,16-17,21-22H,6-12H2,1-5H3/t16-,17+,18-,19+,20-/m1/s1. The van der Waals surface area contributed by atoms with Crippen LogP contribution in [0.4, 0.5) is 0 Å². The molecule has 0 saturated heterocycles. The quantitative estimate of drug-likeness (QED) is 0.703. The lowest BCUT2D eigenvalue weighted by molar-refractivity contribution is -0.0652. The molecule has 3 aliphatic rings. The van der Waals surface area contributed by atoms with Gasteiger partial charge in [-0.25, -0.2) is 0 Å². The van der Waals surface area contributed by atoms with Crippen LogP contribution in [0.5, 0.6) is 0 Å². The Morgan fingerprint density at radius 3 is 2.41 bits per heavy atom. The second-order valence-electron chi connectivity index (χ2n) is 9.30. The summed E-state index contributed by atoms with van der Waals surface area (Å²) in [5.41, 5.74) is 2.65. The molecule has 2 nitrogen and oxygen atoms in total. The Morgan fingerprint density at radius 1 is 1.09 bits per heavy atom. The second kappa shape index (κ2) is 5.08. The minimum absolute atomic E-state index is 0.0619. The van der Waals surface area contributed by atoms with E-state index in [9.17, 15) is 10.2 Å². The average molecular weight is 306 g/mol. The summed E-state index contributed by atoms with van der Waals surface area (Å²) in [6.07, 6.45) is 6.95. The zero-order chi connectivity index (χ0) is 16.3. The van der Waals surface area contributed by atoms with Gasteiger partial charge in [-0.15, -0.1) is 0 Å². The summed E-state index contributed by atoms with van der Waals surface area (Å²) in [6.45, 7) is 11.3. The smallest absolute Gasteiger partial charge is 0.0704 e. The minimum Gasteiger partial charge on any atom is -0.392 e. The lowest BCUT2D eigenvalue weighted by Crippen LogP contribution is -2.43. The maximum absolute atomic E-state index is 11.3. The third kappa shape index (κ3) is 2.13. The Kier molecular flexibility index (Phi) is 3.81. The van der Waals surface area contributed by atoms with Crippen molar-refractivity contribution < 1.29 is 10.2 Å². The van der Waals surface area contributed by atoms with Crippen molar-refractivity contribution >= 4 is 0 Å². The highest BCUT2D eigenvalue weighted by atomic mass is 16.3. The van der Waals surface area contributed by atoms with Gasteiger partial charge >= 0.3 is 0 Å². The topological polar surface area (TPSA) is 40.5 Å². The zero-order valence-corrected chi connectivity index (χ0v) is 15.1. The molecule has 0 unspecified atom stereocenters. The largest absolute Gasteiger partial charge is 0.392 e. The summed E-state index contributed by atoms with van der Waals surface area (Å²) < 4.78 is 0. The number of fused-ring (bicyclic) bond motifs is 2. The van der Waals surface area contributed by atoms with E-state index in [0.29, 0.717) is 11.8 Å². The molecule has 0 heterocycles. The van der Waals surface area contributed by atoms with E-state index in [4.69, 9.17) is 0 Å². The van der Waals surface area contributed by atoms with Gasteiger partial charge in [0.25, 0.3) is 0 Å². The summed E-state index contributed by atoms with van der Waals surface area (Å²) >= 11 is 0. The molecule has 0 aromatic heterocycles. The lowest BCUT2D eigenvalue weighted by atomic mass is 9.65. The normalized spacial score (nSPS) is 49.1. The molecule has 2 heteroatoms. The molecule has 0 amide bonds. The molecule has 0 aliphatic heterocycles. The number of allylic oxidation sites excluding steroid dienone is 1. The molecule has 3 rings (SSSR count). The van der Waals surface area contributed by atoms with Crippen molar-refractivity contribution in [3.8, 4) is 0 Å². The minimum atomic E-state index is -0.516. The molecule has 5 atom stereocenters. The van der Waals surface area contributed by atoms with Crippen LogP contribution >= 0.6 is 0 Å². The van der Waals surface area contributed by atoms with Crippen LogP contribution in [0.15, 0.2) is 11.1 Å². The maximum atomic E-state index is 11.3. The first-order valence-electron chi connectivity index (χ1n) is 9.23. The first-order chi connectivity index (χ1) is 10.1. The number of aliphatic hydroxyl groups excluding tert-OH is 1. The van der Waals surface area contributed by atoms with Crippen LogP contribution < -0.4 is 0 Å². The third-order valence-electron chi connectivity index (χ3n) is 7.81. The predicted molar refractivity (Wildman–Crippen MR) is 90.5 cm³/mol. The summed E-state index contributed by atoms with van der Waals surface area (Å²) in [5, 5.41) is 22.0. The fraction of sp³-hybridized carbons (Fsp3) is 0.900. The monoisotopic (exact) mass is 306 g/mol. The van der Waals surface area contributed by atoms with E-state index >= 15 is 0 Å². The molecule has 0 spiro atoms. The number of hydrogen-bond acceptors (Lipinski definition) is 2. The van der Waals surface area contributed by atoms with E-state index in [0.717, 1.165) is 44.9 Å². The van der Waals surface area contributed by atoms with Crippen molar-refractivity contribution in [1.82, 2.24) is 0 Å². The molecule has 2 N–H and O–H groups in total. The maximum Gasteiger partial charge on any atom is 0.0704 e. The van der Waals surface area contributed by atoms with Crippen LogP contribution in [-0.2, 0) is 0 Å². The first kappa shape index (κ1) is 16.5. The Labute approximate surface area is 136 Å². The van der Waals surface area contributed by atoms with Crippen molar-refractivity contribution in [1.29, 1.82) is 0 Å². The Bertz CT molecular complexity index is 494. The molecule has 0 aromatic rings. The molecule has 126 valence electrons. The van der Waals surface area contributed by atoms with Gasteiger partial charge in [-0.1, -0.05) is 38.8 Å². The van der Waals surface area contributed by atoms with Gasteiger partial charge in [-0.2, -0.15) is 0 Å². The highest BCUT2D eigenvalue weighted by Gasteiger charge is 2.58. The highest BCUT2D eigenvalue weighted by Crippen LogP contribution is 2.63. The van der Waals surface area contributed by atoms with Crippen LogP contribution in [0.3, 0.4) is 0 Å². The molecule has 3 aliphatic carbocycles. The van der Waals surface area contributed by atoms with Crippen LogP contribution in [-0.4, -0.2) is 21.9 Å². The first-order valence-corrected chi connectivity index (χ1v) is 9.23. The van der Waals surface area contributed by atoms with E-state index in [1.165, 1.54) is 11.1 Å². The lowest BCUT2D eigenvalue weighted by Gasteiger charge is -2.42. The fourth-order valence-electron chi connectivity index (χ4n) is 5.97. The van der Waals surface area contributed by atoms with Crippen LogP contribution in [0.1, 0.15) is 79.6 Å². The fourth-order valence-corrected chi connectivity index (χ4v) is 5.97. The predicted octanol–water partition coefficient (Wildman–Crippen LogP) is 4.45. The molecular formula is C20H34O2. The molecule has 22 heavy (non-hydrogen) atoms. The highest BCUT2D eigenvalue weighted by molar-refractivity contribution is 5.29. The van der Waals surface area contributed by atoms with Gasteiger partial charge in [0, 0.05) is 5.41 Å². The van der Waals surface area contributed by atoms with Gasteiger partial charge < -0.3 is 10.2 Å². The average Bonchev–Trinajstić information content (AvgIpc) is 2.63. The molecule has 2 saturated carbocycles. The molecule has 2 fully saturated rings. The van der Waals surface area contributed by atoms with Crippen molar-refractivity contribution in [2.45, 2.75) is 91.3 Å². The van der Waals surface area contributed by atoms with Crippen LogP contribution in [0.2, 0.25) is 0 Å². The van der Waals surface area contributed by atoms with Gasteiger partial charge in [0.15, 0.2) is 0 Å². The van der Waals surface area contributed by atoms with E-state index in [1.807, 2.05) is 0 Å². The van der Waals surface area contributed by atoms with E-state index in [2.05, 4.69) is 34.6 Å². The SMILES string of the molecule is CC1=C2C[C@@]3(C)CC[C@@](O)(C(C)C)[C@@H]3CC[C@]2(C)[C@@H](O)CC1. The Balaban J connectivity index is 2.03. The zero-order valence-electron chi connectivity index (χ0n) is 15.1. The van der Waals surface area contributed by atoms with Crippen molar-refractivity contribution in [2.24, 2.45) is 22.7 Å². The molecular weight excluding hydrogens is 272 g/mol. The van der Waals surface area contributed by atoms with Gasteiger partial charge in [-0.3, -0.25) is 0 Å². The number of hydrogen-bond donors (Lipinski definition) is 2. The van der Waals surface area contributed by atoms with Crippen molar-refractivity contribution in [2.75, 3.05) is 0 Å². The number of aliphatic hydroxyl groups is 2. The van der Waals surface area contributed by atoms with E-state index in [1.54, 1.807) is 0 Å². The molecule has 0 radical (unpaired) electrons. The summed E-state index contributed by atoms with van der Waals surface area (Å²) in [5.74, 6) is 0.683. The molecule has 0 bridgehead atoms.